The van der Waals surface area contributed by atoms with Gasteiger partial charge in [-0.3, -0.25) is 0 Å². The quantitative estimate of drug-likeness (QED) is 0.499. The second-order valence-corrected chi connectivity index (χ2v) is 6.34. The van der Waals surface area contributed by atoms with Crippen molar-refractivity contribution in [2.75, 3.05) is 17.6 Å². The number of nitrogens with zero attached hydrogens (tertiary/aromatic N) is 1. The molecular weight excluding hydrogens is 298 g/mol. The predicted octanol–water partition coefficient (Wildman–Crippen LogP) is 3.78. The Kier molecular flexibility index (Phi) is 6.02. The Labute approximate surface area is 135 Å². The summed E-state index contributed by atoms with van der Waals surface area (Å²) in [6.07, 6.45) is 1.82. The van der Waals surface area contributed by atoms with E-state index in [0.29, 0.717) is 5.11 Å². The molecule has 0 aliphatic carbocycles. The van der Waals surface area contributed by atoms with Crippen LogP contribution in [0.15, 0.2) is 47.5 Å². The summed E-state index contributed by atoms with van der Waals surface area (Å²) in [5.74, 6) is 1.73. The highest BCUT2D eigenvalue weighted by molar-refractivity contribution is 7.99. The van der Waals surface area contributed by atoms with Crippen molar-refractivity contribution in [1.82, 2.24) is 10.3 Å². The zero-order chi connectivity index (χ0) is 15.1. The number of hydrogen-bond acceptors (Lipinski definition) is 3. The van der Waals surface area contributed by atoms with Crippen LogP contribution >= 0.6 is 24.0 Å². The van der Waals surface area contributed by atoms with E-state index in [-0.39, 0.29) is 0 Å². The molecule has 0 aliphatic rings. The van der Waals surface area contributed by atoms with E-state index >= 15 is 0 Å². The van der Waals surface area contributed by atoms with E-state index in [9.17, 15) is 0 Å². The van der Waals surface area contributed by atoms with Gasteiger partial charge in [0.1, 0.15) is 5.82 Å². The molecule has 2 aromatic rings. The normalized spacial score (nSPS) is 10.2. The van der Waals surface area contributed by atoms with E-state index in [0.717, 1.165) is 23.7 Å². The fraction of sp³-hybridized carbons (Fsp3) is 0.250. The smallest absolute Gasteiger partial charge is 0.171 e. The number of aromatic nitrogens is 1. The number of thiocarbonyl (C=S) groups is 1. The summed E-state index contributed by atoms with van der Waals surface area (Å²) in [6.45, 7) is 4.92. The van der Waals surface area contributed by atoms with Crippen LogP contribution in [0.25, 0.3) is 0 Å². The number of thioether (sulfide) groups is 1. The van der Waals surface area contributed by atoms with E-state index in [4.69, 9.17) is 12.2 Å². The zero-order valence-corrected chi connectivity index (χ0v) is 13.9. The third-order valence-corrected chi connectivity index (χ3v) is 4.09. The van der Waals surface area contributed by atoms with E-state index in [1.54, 1.807) is 0 Å². The maximum Gasteiger partial charge on any atom is 0.171 e. The van der Waals surface area contributed by atoms with Gasteiger partial charge in [0.2, 0.25) is 0 Å². The summed E-state index contributed by atoms with van der Waals surface area (Å²) >= 11 is 7.06. The largest absolute Gasteiger partial charge is 0.362 e. The van der Waals surface area contributed by atoms with Gasteiger partial charge in [-0.05, 0) is 49.8 Å². The second kappa shape index (κ2) is 8.00. The average Bonchev–Trinajstić information content (AvgIpc) is 2.48. The number of hydrogen-bond donors (Lipinski definition) is 2. The van der Waals surface area contributed by atoms with Crippen molar-refractivity contribution in [2.45, 2.75) is 18.7 Å². The summed E-state index contributed by atoms with van der Waals surface area (Å²) in [5, 5.41) is 6.87. The molecule has 110 valence electrons. The van der Waals surface area contributed by atoms with Crippen LogP contribution in [0.3, 0.4) is 0 Å². The molecule has 0 fully saturated rings. The first-order chi connectivity index (χ1) is 10.1. The minimum absolute atomic E-state index is 0.607. The molecule has 2 N–H and O–H groups in total. The van der Waals surface area contributed by atoms with Gasteiger partial charge >= 0.3 is 0 Å². The first kappa shape index (κ1) is 15.8. The van der Waals surface area contributed by atoms with Gasteiger partial charge in [0.25, 0.3) is 0 Å². The van der Waals surface area contributed by atoms with Crippen LogP contribution in [-0.4, -0.2) is 22.4 Å². The Bertz CT molecular complexity index is 579. The topological polar surface area (TPSA) is 37.0 Å². The summed E-state index contributed by atoms with van der Waals surface area (Å²) < 4.78 is 0. The van der Waals surface area contributed by atoms with Crippen LogP contribution in [-0.2, 0) is 0 Å². The molecule has 1 aromatic carbocycles. The molecule has 0 amide bonds. The van der Waals surface area contributed by atoms with Crippen LogP contribution in [0.1, 0.15) is 11.1 Å². The number of aryl methyl sites for hydroxylation is 2. The molecule has 0 saturated carbocycles. The molecule has 5 heteroatoms. The van der Waals surface area contributed by atoms with Crippen molar-refractivity contribution < 1.29 is 0 Å². The first-order valence-corrected chi connectivity index (χ1v) is 8.20. The van der Waals surface area contributed by atoms with Crippen molar-refractivity contribution in [3.05, 3.63) is 53.7 Å². The Morgan fingerprint density at radius 1 is 1.10 bits per heavy atom. The van der Waals surface area contributed by atoms with Crippen LogP contribution < -0.4 is 10.6 Å². The van der Waals surface area contributed by atoms with Crippen LogP contribution in [0, 0.1) is 13.8 Å². The summed E-state index contributed by atoms with van der Waals surface area (Å²) in [5.41, 5.74) is 2.42. The molecule has 0 spiro atoms. The lowest BCUT2D eigenvalue weighted by Crippen LogP contribution is -2.30. The highest BCUT2D eigenvalue weighted by Crippen LogP contribution is 2.17. The van der Waals surface area contributed by atoms with Gasteiger partial charge in [0.05, 0.1) is 0 Å². The van der Waals surface area contributed by atoms with Gasteiger partial charge in [0.15, 0.2) is 5.11 Å². The van der Waals surface area contributed by atoms with Crippen LogP contribution in [0.5, 0.6) is 0 Å². The molecule has 1 aromatic heterocycles. The van der Waals surface area contributed by atoms with Crippen molar-refractivity contribution >= 4 is 34.9 Å². The molecule has 0 radical (unpaired) electrons. The van der Waals surface area contributed by atoms with Crippen LogP contribution in [0.4, 0.5) is 5.82 Å². The van der Waals surface area contributed by atoms with Gasteiger partial charge in [-0.1, -0.05) is 23.8 Å². The van der Waals surface area contributed by atoms with Crippen molar-refractivity contribution in [2.24, 2.45) is 0 Å². The lowest BCUT2D eigenvalue weighted by molar-refractivity contribution is 0.988. The minimum atomic E-state index is 0.607. The Morgan fingerprint density at radius 2 is 1.81 bits per heavy atom. The van der Waals surface area contributed by atoms with Gasteiger partial charge in [-0.25, -0.2) is 4.98 Å². The molecule has 1 heterocycles. The maximum absolute atomic E-state index is 5.24. The van der Waals surface area contributed by atoms with Gasteiger partial charge < -0.3 is 10.6 Å². The van der Waals surface area contributed by atoms with E-state index in [1.807, 2.05) is 37.0 Å². The fourth-order valence-corrected chi connectivity index (χ4v) is 2.65. The molecule has 0 aliphatic heterocycles. The van der Waals surface area contributed by atoms with E-state index in [2.05, 4.69) is 46.8 Å². The molecule has 21 heavy (non-hydrogen) atoms. The van der Waals surface area contributed by atoms with Crippen LogP contribution in [0.2, 0.25) is 0 Å². The molecule has 2 rings (SSSR count). The minimum Gasteiger partial charge on any atom is -0.362 e. The Hall–Kier alpha value is -1.59. The average molecular weight is 317 g/mol. The zero-order valence-electron chi connectivity index (χ0n) is 12.2. The maximum atomic E-state index is 5.24. The fourth-order valence-electron chi connectivity index (χ4n) is 1.67. The number of benzene rings is 1. The first-order valence-electron chi connectivity index (χ1n) is 6.80. The third kappa shape index (κ3) is 5.73. The summed E-state index contributed by atoms with van der Waals surface area (Å²) in [6, 6.07) is 12.5. The van der Waals surface area contributed by atoms with E-state index < -0.39 is 0 Å². The molecule has 0 saturated heterocycles. The molecule has 0 atom stereocenters. The highest BCUT2D eigenvalue weighted by Gasteiger charge is 1.99. The molecule has 0 unspecified atom stereocenters. The number of nitrogens with one attached hydrogen (secondary N) is 2. The van der Waals surface area contributed by atoms with Gasteiger partial charge in [0, 0.05) is 23.4 Å². The molecule has 0 bridgehead atoms. The lowest BCUT2D eigenvalue weighted by Gasteiger charge is -2.09. The van der Waals surface area contributed by atoms with Crippen molar-refractivity contribution in [3.63, 3.8) is 0 Å². The lowest BCUT2D eigenvalue weighted by atomic mass is 10.2. The number of anilines is 1. The van der Waals surface area contributed by atoms with Gasteiger partial charge in [-0.15, -0.1) is 11.8 Å². The standard InChI is InChI=1S/C16H19N3S2/c1-12-3-6-14(7-4-12)21-10-9-17-16(20)19-15-8-5-13(2)11-18-15/h3-8,11H,9-10H2,1-2H3,(H2,17,18,19,20). The van der Waals surface area contributed by atoms with Crippen molar-refractivity contribution in [3.8, 4) is 0 Å². The Morgan fingerprint density at radius 3 is 2.48 bits per heavy atom. The van der Waals surface area contributed by atoms with Gasteiger partial charge in [-0.2, -0.15) is 0 Å². The Balaban J connectivity index is 1.67. The molecule has 3 nitrogen and oxygen atoms in total. The SMILES string of the molecule is Cc1ccc(SCCNC(=S)Nc2ccc(C)cn2)cc1. The monoisotopic (exact) mass is 317 g/mol. The second-order valence-electron chi connectivity index (χ2n) is 4.76. The number of rotatable bonds is 5. The third-order valence-electron chi connectivity index (χ3n) is 2.83. The predicted molar refractivity (Wildman–Crippen MR) is 95.1 cm³/mol. The van der Waals surface area contributed by atoms with E-state index in [1.165, 1.54) is 10.5 Å². The number of pyridine rings is 1. The van der Waals surface area contributed by atoms with Crippen molar-refractivity contribution in [1.29, 1.82) is 0 Å². The summed E-state index contributed by atoms with van der Waals surface area (Å²) in [4.78, 5) is 5.54. The highest BCUT2D eigenvalue weighted by atomic mass is 32.2. The molecular formula is C16H19N3S2. The summed E-state index contributed by atoms with van der Waals surface area (Å²) in [7, 11) is 0.